The summed E-state index contributed by atoms with van der Waals surface area (Å²) in [5.41, 5.74) is 0.302. The summed E-state index contributed by atoms with van der Waals surface area (Å²) in [7, 11) is 0. The van der Waals surface area contributed by atoms with Gasteiger partial charge in [0.15, 0.2) is 0 Å². The maximum atomic E-state index is 12.0. The number of aryl methyl sites for hydroxylation is 1. The van der Waals surface area contributed by atoms with Crippen LogP contribution < -0.4 is 5.69 Å². The van der Waals surface area contributed by atoms with Gasteiger partial charge in [-0.3, -0.25) is 19.1 Å². The van der Waals surface area contributed by atoms with E-state index in [1.54, 1.807) is 13.1 Å². The van der Waals surface area contributed by atoms with Crippen LogP contribution in [-0.4, -0.2) is 40.3 Å². The van der Waals surface area contributed by atoms with Crippen LogP contribution in [0, 0.1) is 11.6 Å². The molecule has 0 aromatic carbocycles. The molecule has 0 unspecified atom stereocenters. The first-order valence-corrected chi connectivity index (χ1v) is 7.47. The normalized spacial score (nSPS) is 23.5. The average molecular weight is 342 g/mol. The molecule has 0 amide bonds. The minimum atomic E-state index is -0.641. The zero-order valence-electron chi connectivity index (χ0n) is 13.0. The number of nitrogens with one attached hydrogen (secondary N) is 1. The Balaban J connectivity index is 2.23. The molecule has 3 atom stereocenters. The second-order valence-corrected chi connectivity index (χ2v) is 5.70. The predicted molar refractivity (Wildman–Crippen MR) is 81.3 cm³/mol. The predicted octanol–water partition coefficient (Wildman–Crippen LogP) is 0.997. The molecule has 0 aliphatic carbocycles. The number of ether oxygens (including phenoxy) is 3. The summed E-state index contributed by atoms with van der Waals surface area (Å²) in [5.74, 6) is -0.932. The Hall–Kier alpha value is -2.00. The monoisotopic (exact) mass is 342 g/mol. The number of carbonyl (C=O) groups is 2. The molecule has 1 aromatic rings. The summed E-state index contributed by atoms with van der Waals surface area (Å²) in [6, 6.07) is 0. The second kappa shape index (κ2) is 7.05. The Kier molecular flexibility index (Phi) is 5.32. The molecule has 2 heterocycles. The highest BCUT2D eigenvalue weighted by Gasteiger charge is 2.39. The topological polar surface area (TPSA) is 99.6 Å². The number of nitrogens with zero attached hydrogens (tertiary/aromatic N) is 1. The lowest BCUT2D eigenvalue weighted by molar-refractivity contribution is -0.155. The Bertz CT molecular complexity index is 725. The molecule has 0 radical (unpaired) electrons. The van der Waals surface area contributed by atoms with Crippen LogP contribution in [0.4, 0.5) is 0 Å². The number of rotatable bonds is 4. The highest BCUT2D eigenvalue weighted by molar-refractivity contribution is 7.71. The van der Waals surface area contributed by atoms with E-state index < -0.39 is 36.1 Å². The van der Waals surface area contributed by atoms with E-state index in [1.807, 2.05) is 0 Å². The molecule has 126 valence electrons. The fourth-order valence-electron chi connectivity index (χ4n) is 2.36. The quantitative estimate of drug-likeness (QED) is 0.643. The first kappa shape index (κ1) is 17.4. The molecular formula is C14H18N2O6S. The number of H-pyrrole nitrogens is 1. The number of aromatic amines is 1. The van der Waals surface area contributed by atoms with Crippen molar-refractivity contribution in [1.29, 1.82) is 0 Å². The van der Waals surface area contributed by atoms with Gasteiger partial charge in [-0.05, 0) is 6.92 Å². The Morgan fingerprint density at radius 1 is 1.43 bits per heavy atom. The van der Waals surface area contributed by atoms with Crippen molar-refractivity contribution in [3.63, 3.8) is 0 Å². The zero-order valence-corrected chi connectivity index (χ0v) is 13.8. The van der Waals surface area contributed by atoms with Crippen LogP contribution in [-0.2, 0) is 23.8 Å². The fraction of sp³-hybridized carbons (Fsp3) is 0.571. The maximum absolute atomic E-state index is 12.0. The van der Waals surface area contributed by atoms with Gasteiger partial charge in [-0.15, -0.1) is 0 Å². The largest absolute Gasteiger partial charge is 0.463 e. The van der Waals surface area contributed by atoms with Gasteiger partial charge in [0, 0.05) is 32.0 Å². The molecule has 23 heavy (non-hydrogen) atoms. The van der Waals surface area contributed by atoms with Crippen molar-refractivity contribution in [2.75, 3.05) is 6.61 Å². The van der Waals surface area contributed by atoms with Crippen molar-refractivity contribution >= 4 is 24.2 Å². The van der Waals surface area contributed by atoms with E-state index in [4.69, 9.17) is 26.4 Å². The van der Waals surface area contributed by atoms with Crippen molar-refractivity contribution < 1.29 is 23.8 Å². The van der Waals surface area contributed by atoms with E-state index in [-0.39, 0.29) is 13.0 Å². The number of carbonyl (C=O) groups excluding carboxylic acids is 2. The van der Waals surface area contributed by atoms with Crippen LogP contribution >= 0.6 is 12.2 Å². The van der Waals surface area contributed by atoms with E-state index in [1.165, 1.54) is 18.4 Å². The second-order valence-electron chi connectivity index (χ2n) is 5.29. The molecule has 1 saturated heterocycles. The third-order valence-corrected chi connectivity index (χ3v) is 3.83. The van der Waals surface area contributed by atoms with Crippen LogP contribution in [0.1, 0.15) is 32.1 Å². The first-order chi connectivity index (χ1) is 10.8. The average Bonchev–Trinajstić information content (AvgIpc) is 2.82. The molecule has 1 fully saturated rings. The van der Waals surface area contributed by atoms with Crippen molar-refractivity contribution in [1.82, 2.24) is 9.55 Å². The van der Waals surface area contributed by atoms with Crippen molar-refractivity contribution in [3.05, 3.63) is 26.9 Å². The molecule has 2 rings (SSSR count). The molecule has 0 spiro atoms. The number of hydrogen-bond acceptors (Lipinski definition) is 7. The minimum absolute atomic E-state index is 0.0552. The summed E-state index contributed by atoms with van der Waals surface area (Å²) in [6.07, 6.45) is -0.0197. The van der Waals surface area contributed by atoms with Gasteiger partial charge >= 0.3 is 17.6 Å². The molecule has 1 aliphatic rings. The summed E-state index contributed by atoms with van der Waals surface area (Å²) < 4.78 is 17.6. The highest BCUT2D eigenvalue weighted by Crippen LogP contribution is 2.30. The molecule has 1 aliphatic heterocycles. The maximum Gasteiger partial charge on any atom is 0.328 e. The van der Waals surface area contributed by atoms with E-state index in [9.17, 15) is 14.4 Å². The van der Waals surface area contributed by atoms with Crippen molar-refractivity contribution in [3.8, 4) is 0 Å². The van der Waals surface area contributed by atoms with E-state index in [0.717, 1.165) is 5.56 Å². The molecule has 9 heteroatoms. The summed E-state index contributed by atoms with van der Waals surface area (Å²) in [6.45, 7) is 4.27. The molecule has 0 bridgehead atoms. The van der Waals surface area contributed by atoms with Gasteiger partial charge in [0.05, 0.1) is 0 Å². The fourth-order valence-corrected chi connectivity index (χ4v) is 2.50. The lowest BCUT2D eigenvalue weighted by Crippen LogP contribution is -2.31. The van der Waals surface area contributed by atoms with Gasteiger partial charge in [0.2, 0.25) is 0 Å². The van der Waals surface area contributed by atoms with Crippen LogP contribution in [0.2, 0.25) is 0 Å². The third-order valence-electron chi connectivity index (χ3n) is 3.40. The van der Waals surface area contributed by atoms with E-state index >= 15 is 0 Å². The number of hydrogen-bond donors (Lipinski definition) is 1. The van der Waals surface area contributed by atoms with Crippen LogP contribution in [0.3, 0.4) is 0 Å². The lowest BCUT2D eigenvalue weighted by atomic mass is 10.2. The zero-order chi connectivity index (χ0) is 17.1. The molecular weight excluding hydrogens is 324 g/mol. The van der Waals surface area contributed by atoms with E-state index in [2.05, 4.69) is 4.98 Å². The molecule has 8 nitrogen and oxygen atoms in total. The number of esters is 2. The lowest BCUT2D eigenvalue weighted by Gasteiger charge is -2.17. The summed E-state index contributed by atoms with van der Waals surface area (Å²) in [4.78, 5) is 36.8. The summed E-state index contributed by atoms with van der Waals surface area (Å²) in [5, 5.41) is 0. The van der Waals surface area contributed by atoms with Gasteiger partial charge in [-0.25, -0.2) is 4.79 Å². The molecule has 1 aromatic heterocycles. The first-order valence-electron chi connectivity index (χ1n) is 7.06. The van der Waals surface area contributed by atoms with Gasteiger partial charge in [-0.1, -0.05) is 12.2 Å². The third kappa shape index (κ3) is 4.26. The van der Waals surface area contributed by atoms with Gasteiger partial charge < -0.3 is 14.2 Å². The van der Waals surface area contributed by atoms with Gasteiger partial charge in [0.25, 0.3) is 0 Å². The Morgan fingerprint density at radius 2 is 2.13 bits per heavy atom. The van der Waals surface area contributed by atoms with Crippen molar-refractivity contribution in [2.24, 2.45) is 0 Å². The smallest absolute Gasteiger partial charge is 0.328 e. The molecule has 0 saturated carbocycles. The highest BCUT2D eigenvalue weighted by atomic mass is 32.1. The van der Waals surface area contributed by atoms with Crippen LogP contribution in [0.25, 0.3) is 0 Å². The Labute approximate surface area is 137 Å². The SMILES string of the molecule is CC(=O)OC[C@H]1O[C@@H](n2cc(C)c(=S)[nH]c2=O)C[C@@H]1OC(C)=O. The minimum Gasteiger partial charge on any atom is -0.463 e. The van der Waals surface area contributed by atoms with E-state index in [0.29, 0.717) is 4.64 Å². The van der Waals surface area contributed by atoms with Gasteiger partial charge in [0.1, 0.15) is 29.7 Å². The number of aromatic nitrogens is 2. The van der Waals surface area contributed by atoms with Crippen LogP contribution in [0.5, 0.6) is 0 Å². The molecule has 1 N–H and O–H groups in total. The standard InChI is InChI=1S/C14H18N2O6S/c1-7-5-16(14(19)15-13(7)23)12-4-10(21-9(3)18)11(22-12)6-20-8(2)17/h5,10-12H,4,6H2,1-3H3,(H,15,19,23)/t10-,11+,12+/m0/s1. The van der Waals surface area contributed by atoms with Gasteiger partial charge in [-0.2, -0.15) is 0 Å². The summed E-state index contributed by atoms with van der Waals surface area (Å²) >= 11 is 5.01. The van der Waals surface area contributed by atoms with Crippen molar-refractivity contribution in [2.45, 2.75) is 45.6 Å². The Morgan fingerprint density at radius 3 is 2.74 bits per heavy atom. The van der Waals surface area contributed by atoms with Crippen LogP contribution in [0.15, 0.2) is 11.0 Å².